The maximum absolute atomic E-state index is 11.5. The normalized spacial score (nSPS) is 17.4. The van der Waals surface area contributed by atoms with Crippen LogP contribution in [0.1, 0.15) is 44.2 Å². The molecule has 156 valence electrons. The predicted octanol–water partition coefficient (Wildman–Crippen LogP) is 2.92. The fourth-order valence-electron chi connectivity index (χ4n) is 3.05. The van der Waals surface area contributed by atoms with E-state index in [1.807, 2.05) is 20.0 Å². The summed E-state index contributed by atoms with van der Waals surface area (Å²) in [6.45, 7) is 4.83. The average Bonchev–Trinajstić information content (AvgIpc) is 3.36. The van der Waals surface area contributed by atoms with Crippen LogP contribution in [0.5, 0.6) is 5.88 Å². The third kappa shape index (κ3) is 4.88. The van der Waals surface area contributed by atoms with Crippen LogP contribution in [-0.4, -0.2) is 44.8 Å². The number of hydrogen-bond acceptors (Lipinski definition) is 10. The van der Waals surface area contributed by atoms with Gasteiger partial charge in [-0.05, 0) is 31.9 Å². The number of nitrogens with one attached hydrogen (secondary N) is 1. The first-order chi connectivity index (χ1) is 14.5. The molecule has 2 atom stereocenters. The van der Waals surface area contributed by atoms with Gasteiger partial charge in [0.15, 0.2) is 0 Å². The van der Waals surface area contributed by atoms with Crippen molar-refractivity contribution in [1.82, 2.24) is 25.1 Å². The summed E-state index contributed by atoms with van der Waals surface area (Å²) in [6, 6.07) is 5.95. The Kier molecular flexibility index (Phi) is 5.84. The van der Waals surface area contributed by atoms with Gasteiger partial charge < -0.3 is 14.8 Å². The fourth-order valence-corrected chi connectivity index (χ4v) is 3.75. The van der Waals surface area contributed by atoms with Crippen molar-refractivity contribution in [3.8, 4) is 5.88 Å². The Bertz CT molecular complexity index is 1040. The summed E-state index contributed by atoms with van der Waals surface area (Å²) in [5.41, 5.74) is 2.29. The van der Waals surface area contributed by atoms with Gasteiger partial charge in [-0.2, -0.15) is 4.98 Å². The number of carbonyl (C=O) groups is 1. The van der Waals surface area contributed by atoms with Crippen LogP contribution >= 0.6 is 11.3 Å². The lowest BCUT2D eigenvalue weighted by atomic mass is 10.2. The molecule has 30 heavy (non-hydrogen) atoms. The van der Waals surface area contributed by atoms with E-state index in [0.717, 1.165) is 12.1 Å². The van der Waals surface area contributed by atoms with Gasteiger partial charge in [-0.15, -0.1) is 10.2 Å². The van der Waals surface area contributed by atoms with Crippen molar-refractivity contribution in [1.29, 1.82) is 0 Å². The number of esters is 1. The van der Waals surface area contributed by atoms with Crippen molar-refractivity contribution in [2.24, 2.45) is 5.92 Å². The Morgan fingerprint density at radius 1 is 1.27 bits per heavy atom. The minimum atomic E-state index is -0.494. The van der Waals surface area contributed by atoms with E-state index >= 15 is 0 Å². The first-order valence-electron chi connectivity index (χ1n) is 9.57. The Morgan fingerprint density at radius 2 is 2.13 bits per heavy atom. The largest absolute Gasteiger partial charge is 0.477 e. The van der Waals surface area contributed by atoms with Gasteiger partial charge in [0.25, 0.3) is 0 Å². The molecule has 3 aromatic rings. The molecule has 1 fully saturated rings. The second-order valence-corrected chi connectivity index (χ2v) is 8.22. The monoisotopic (exact) mass is 426 g/mol. The molecule has 0 bridgehead atoms. The van der Waals surface area contributed by atoms with E-state index in [-0.39, 0.29) is 5.01 Å². The minimum Gasteiger partial charge on any atom is -0.477 e. The van der Waals surface area contributed by atoms with Crippen molar-refractivity contribution in [2.75, 3.05) is 19.0 Å². The van der Waals surface area contributed by atoms with Crippen molar-refractivity contribution in [3.05, 3.63) is 51.5 Å². The minimum absolute atomic E-state index is 0.222. The molecule has 1 saturated carbocycles. The number of rotatable bonds is 8. The lowest BCUT2D eigenvalue weighted by Crippen LogP contribution is -2.07. The number of aryl methyl sites for hydroxylation is 2. The summed E-state index contributed by atoms with van der Waals surface area (Å²) in [5, 5.41) is 11.8. The number of carbonyl (C=O) groups excluding carboxylic acids is 1. The van der Waals surface area contributed by atoms with E-state index in [1.54, 1.807) is 6.07 Å². The van der Waals surface area contributed by atoms with Crippen molar-refractivity contribution in [3.63, 3.8) is 0 Å². The summed E-state index contributed by atoms with van der Waals surface area (Å²) in [6.07, 6.45) is 2.98. The van der Waals surface area contributed by atoms with Gasteiger partial charge in [-0.3, -0.25) is 4.98 Å². The number of anilines is 1. The van der Waals surface area contributed by atoms with Crippen LogP contribution in [0.3, 0.4) is 0 Å². The molecule has 0 spiro atoms. The number of hydrogen-bond donors (Lipinski definition) is 1. The van der Waals surface area contributed by atoms with Crippen molar-refractivity contribution in [2.45, 2.75) is 32.7 Å². The molecule has 9 nitrogen and oxygen atoms in total. The van der Waals surface area contributed by atoms with E-state index < -0.39 is 5.97 Å². The molecule has 1 N–H and O–H groups in total. The van der Waals surface area contributed by atoms with E-state index in [4.69, 9.17) is 4.74 Å². The summed E-state index contributed by atoms with van der Waals surface area (Å²) in [7, 11) is 1.31. The Morgan fingerprint density at radius 3 is 2.90 bits per heavy atom. The SMILES string of the molecule is COC(=O)c1nnc(CNc2cc(OC[C@H]3C[C@@H]3c3ccc(C)cn3)nc(C)n2)s1. The molecule has 0 unspecified atom stereocenters. The van der Waals surface area contributed by atoms with Crippen LogP contribution in [0.15, 0.2) is 24.4 Å². The van der Waals surface area contributed by atoms with Crippen LogP contribution < -0.4 is 10.1 Å². The van der Waals surface area contributed by atoms with Crippen LogP contribution in [0, 0.1) is 19.8 Å². The van der Waals surface area contributed by atoms with Gasteiger partial charge in [0, 0.05) is 29.8 Å². The van der Waals surface area contributed by atoms with Gasteiger partial charge in [0.2, 0.25) is 10.9 Å². The lowest BCUT2D eigenvalue weighted by molar-refractivity contribution is 0.0599. The van der Waals surface area contributed by atoms with E-state index in [0.29, 0.717) is 47.5 Å². The second kappa shape index (κ2) is 8.70. The van der Waals surface area contributed by atoms with Crippen LogP contribution in [0.2, 0.25) is 0 Å². The number of pyridine rings is 1. The highest BCUT2D eigenvalue weighted by molar-refractivity contribution is 7.13. The molecular weight excluding hydrogens is 404 g/mol. The molecule has 0 amide bonds. The van der Waals surface area contributed by atoms with Gasteiger partial charge in [-0.25, -0.2) is 9.78 Å². The highest BCUT2D eigenvalue weighted by atomic mass is 32.1. The number of aromatic nitrogens is 5. The average molecular weight is 427 g/mol. The molecule has 1 aliphatic rings. The third-order valence-corrected chi connectivity index (χ3v) is 5.65. The molecule has 0 aliphatic heterocycles. The molecule has 0 aromatic carbocycles. The highest BCUT2D eigenvalue weighted by Gasteiger charge is 2.40. The quantitative estimate of drug-likeness (QED) is 0.543. The lowest BCUT2D eigenvalue weighted by Gasteiger charge is -2.09. The van der Waals surface area contributed by atoms with Crippen LogP contribution in [-0.2, 0) is 11.3 Å². The number of ether oxygens (including phenoxy) is 2. The van der Waals surface area contributed by atoms with Gasteiger partial charge >= 0.3 is 5.97 Å². The smallest absolute Gasteiger partial charge is 0.369 e. The molecule has 0 radical (unpaired) electrons. The molecule has 10 heteroatoms. The molecule has 1 aliphatic carbocycles. The standard InChI is InChI=1S/C20H22N6O3S/c1-11-4-5-15(21-8-11)14-6-13(14)10-29-17-7-16(23-12(2)24-17)22-9-18-25-26-19(30-18)20(27)28-3/h4-5,7-8,13-14H,6,9-10H2,1-3H3,(H,22,23,24)/t13-,14+/m1/s1. The van der Waals surface area contributed by atoms with E-state index in [9.17, 15) is 4.79 Å². The zero-order valence-electron chi connectivity index (χ0n) is 17.0. The van der Waals surface area contributed by atoms with Gasteiger partial charge in [0.1, 0.15) is 16.6 Å². The van der Waals surface area contributed by atoms with Gasteiger partial charge in [-0.1, -0.05) is 17.4 Å². The van der Waals surface area contributed by atoms with Crippen LogP contribution in [0.4, 0.5) is 5.82 Å². The maximum atomic E-state index is 11.5. The first kappa shape index (κ1) is 20.1. The van der Waals surface area contributed by atoms with E-state index in [2.05, 4.69) is 47.3 Å². The topological polar surface area (TPSA) is 112 Å². The summed E-state index contributed by atoms with van der Waals surface area (Å²) in [4.78, 5) is 24.7. The second-order valence-electron chi connectivity index (χ2n) is 7.16. The maximum Gasteiger partial charge on any atom is 0.369 e. The molecule has 3 aromatic heterocycles. The van der Waals surface area contributed by atoms with Crippen LogP contribution in [0.25, 0.3) is 0 Å². The summed E-state index contributed by atoms with van der Waals surface area (Å²) < 4.78 is 10.6. The van der Waals surface area contributed by atoms with Gasteiger partial charge in [0.05, 0.1) is 20.3 Å². The number of nitrogens with zero attached hydrogens (tertiary/aromatic N) is 5. The molecular formula is C20H22N6O3S. The Labute approximate surface area is 177 Å². The van der Waals surface area contributed by atoms with Crippen molar-refractivity contribution >= 4 is 23.1 Å². The molecule has 0 saturated heterocycles. The fraction of sp³-hybridized carbons (Fsp3) is 0.400. The molecule has 3 heterocycles. The summed E-state index contributed by atoms with van der Waals surface area (Å²) in [5.74, 6) is 2.17. The first-order valence-corrected chi connectivity index (χ1v) is 10.4. The highest BCUT2D eigenvalue weighted by Crippen LogP contribution is 2.46. The zero-order valence-corrected chi connectivity index (χ0v) is 17.8. The Hall–Kier alpha value is -3.14. The van der Waals surface area contributed by atoms with Crippen molar-refractivity contribution < 1.29 is 14.3 Å². The molecule has 4 rings (SSSR count). The predicted molar refractivity (Wildman–Crippen MR) is 111 cm³/mol. The Balaban J connectivity index is 1.31. The number of methoxy groups -OCH3 is 1. The zero-order chi connectivity index (χ0) is 21.1. The third-order valence-electron chi connectivity index (χ3n) is 4.74. The summed E-state index contributed by atoms with van der Waals surface area (Å²) >= 11 is 1.17. The van der Waals surface area contributed by atoms with E-state index in [1.165, 1.54) is 24.0 Å².